The molecule has 37 heavy (non-hydrogen) atoms. The minimum Gasteiger partial charge on any atom is -0.462 e. The van der Waals surface area contributed by atoms with E-state index in [-0.39, 0.29) is 34.0 Å². The highest BCUT2D eigenvalue weighted by atomic mass is 35.5. The van der Waals surface area contributed by atoms with E-state index in [1.807, 2.05) is 0 Å². The van der Waals surface area contributed by atoms with Crippen LogP contribution in [0.2, 0.25) is 5.02 Å². The summed E-state index contributed by atoms with van der Waals surface area (Å²) < 4.78 is 6.36. The Morgan fingerprint density at radius 3 is 2.43 bits per heavy atom. The van der Waals surface area contributed by atoms with Crippen molar-refractivity contribution in [3.05, 3.63) is 85.6 Å². The third kappa shape index (κ3) is 5.40. The van der Waals surface area contributed by atoms with Crippen molar-refractivity contribution in [3.63, 3.8) is 0 Å². The number of rotatable bonds is 7. The second-order valence-corrected chi connectivity index (χ2v) is 9.49. The first-order valence-corrected chi connectivity index (χ1v) is 12.5. The second kappa shape index (κ2) is 10.9. The van der Waals surface area contributed by atoms with Gasteiger partial charge in [-0.05, 0) is 37.6 Å². The van der Waals surface area contributed by atoms with Crippen LogP contribution in [0.15, 0.2) is 53.3 Å². The first kappa shape index (κ1) is 26.1. The van der Waals surface area contributed by atoms with Gasteiger partial charge in [-0.3, -0.25) is 14.4 Å². The lowest BCUT2D eigenvalue weighted by Crippen LogP contribution is -2.24. The number of thiophene rings is 1. The van der Waals surface area contributed by atoms with Gasteiger partial charge in [0.25, 0.3) is 11.5 Å². The van der Waals surface area contributed by atoms with Gasteiger partial charge in [0.1, 0.15) is 5.00 Å². The quantitative estimate of drug-likeness (QED) is 0.333. The number of amides is 2. The molecule has 0 aliphatic heterocycles. The van der Waals surface area contributed by atoms with Gasteiger partial charge in [0.15, 0.2) is 0 Å². The molecule has 2 N–H and O–H groups in total. The summed E-state index contributed by atoms with van der Waals surface area (Å²) in [6.07, 6.45) is -0.158. The number of nitrogens with zero attached hydrogens (tertiary/aromatic N) is 2. The smallest absolute Gasteiger partial charge is 0.341 e. The van der Waals surface area contributed by atoms with Crippen LogP contribution in [0.3, 0.4) is 0 Å². The molecule has 190 valence electrons. The third-order valence-electron chi connectivity index (χ3n) is 5.57. The molecule has 2 aromatic carbocycles. The van der Waals surface area contributed by atoms with Gasteiger partial charge in [0.05, 0.1) is 45.3 Å². The number of aryl methyl sites for hydroxylation is 1. The molecule has 4 aromatic rings. The molecule has 0 atom stereocenters. The number of nitrogens with one attached hydrogen (secondary N) is 2. The lowest BCUT2D eigenvalue weighted by atomic mass is 10.1. The molecule has 2 aromatic heterocycles. The fourth-order valence-electron chi connectivity index (χ4n) is 3.84. The van der Waals surface area contributed by atoms with Crippen molar-refractivity contribution >= 4 is 62.2 Å². The SMILES string of the molecule is CCOC(=O)c1c(NC(=O)Cc2nn(C)c(=O)c3ccccc23)sc(C(=O)Nc2ccccc2Cl)c1C. The van der Waals surface area contributed by atoms with Crippen LogP contribution in [0.4, 0.5) is 10.7 Å². The normalized spacial score (nSPS) is 10.8. The Kier molecular flexibility index (Phi) is 7.70. The van der Waals surface area contributed by atoms with Gasteiger partial charge in [0.2, 0.25) is 5.91 Å². The third-order valence-corrected chi connectivity index (χ3v) is 7.10. The molecule has 0 radical (unpaired) electrons. The predicted molar refractivity (Wildman–Crippen MR) is 144 cm³/mol. The Morgan fingerprint density at radius 1 is 1.05 bits per heavy atom. The van der Waals surface area contributed by atoms with Crippen LogP contribution in [0.5, 0.6) is 0 Å². The van der Waals surface area contributed by atoms with Crippen molar-refractivity contribution in [2.75, 3.05) is 17.2 Å². The first-order valence-electron chi connectivity index (χ1n) is 11.3. The number of carbonyl (C=O) groups is 3. The number of hydrogen-bond acceptors (Lipinski definition) is 7. The maximum absolute atomic E-state index is 13.1. The van der Waals surface area contributed by atoms with E-state index in [1.54, 1.807) is 62.4 Å². The van der Waals surface area contributed by atoms with E-state index < -0.39 is 17.8 Å². The van der Waals surface area contributed by atoms with Crippen LogP contribution >= 0.6 is 22.9 Å². The van der Waals surface area contributed by atoms with Crippen LogP contribution in [-0.4, -0.2) is 34.2 Å². The number of carbonyl (C=O) groups excluding carboxylic acids is 3. The standard InChI is InChI=1S/C26H23ClN4O5S/c1-4-36-26(35)21-14(2)22(23(33)28-18-12-8-7-11-17(18)27)37-24(21)29-20(32)13-19-15-9-5-6-10-16(15)25(34)31(3)30-19/h5-12H,4,13H2,1-3H3,(H,28,33)(H,29,32). The largest absolute Gasteiger partial charge is 0.462 e. The number of benzene rings is 2. The lowest BCUT2D eigenvalue weighted by Gasteiger charge is -2.09. The van der Waals surface area contributed by atoms with Gasteiger partial charge < -0.3 is 15.4 Å². The topological polar surface area (TPSA) is 119 Å². The van der Waals surface area contributed by atoms with E-state index in [0.717, 1.165) is 11.3 Å². The molecule has 0 saturated carbocycles. The van der Waals surface area contributed by atoms with Crippen LogP contribution in [-0.2, 0) is 23.0 Å². The monoisotopic (exact) mass is 538 g/mol. The van der Waals surface area contributed by atoms with Crippen molar-refractivity contribution < 1.29 is 19.1 Å². The average Bonchev–Trinajstić information content (AvgIpc) is 3.19. The minimum atomic E-state index is -0.658. The van der Waals surface area contributed by atoms with Crippen molar-refractivity contribution in [3.8, 4) is 0 Å². The molecule has 2 amide bonds. The molecular formula is C26H23ClN4O5S. The van der Waals surface area contributed by atoms with Gasteiger partial charge in [-0.1, -0.05) is 41.9 Å². The number of halogens is 1. The minimum absolute atomic E-state index is 0.0998. The van der Waals surface area contributed by atoms with Gasteiger partial charge >= 0.3 is 5.97 Å². The molecule has 11 heteroatoms. The highest BCUT2D eigenvalue weighted by Crippen LogP contribution is 2.35. The number of para-hydroxylation sites is 1. The Balaban J connectivity index is 1.66. The molecule has 0 unspecified atom stereocenters. The molecule has 0 aliphatic rings. The molecule has 2 heterocycles. The van der Waals surface area contributed by atoms with Gasteiger partial charge in [-0.25, -0.2) is 9.48 Å². The van der Waals surface area contributed by atoms with Crippen molar-refractivity contribution in [1.82, 2.24) is 9.78 Å². The number of aromatic nitrogens is 2. The maximum Gasteiger partial charge on any atom is 0.341 e. The molecule has 9 nitrogen and oxygen atoms in total. The van der Waals surface area contributed by atoms with Crippen LogP contribution in [0.1, 0.15) is 38.2 Å². The zero-order chi connectivity index (χ0) is 26.7. The van der Waals surface area contributed by atoms with Gasteiger partial charge in [-0.2, -0.15) is 5.10 Å². The Bertz CT molecular complexity index is 1590. The summed E-state index contributed by atoms with van der Waals surface area (Å²) in [4.78, 5) is 51.5. The summed E-state index contributed by atoms with van der Waals surface area (Å²) in [5.41, 5.74) is 1.01. The zero-order valence-electron chi connectivity index (χ0n) is 20.3. The summed E-state index contributed by atoms with van der Waals surface area (Å²) in [5, 5.41) is 11.3. The first-order chi connectivity index (χ1) is 17.7. The molecule has 0 aliphatic carbocycles. The van der Waals surface area contributed by atoms with E-state index in [1.165, 1.54) is 11.7 Å². The number of esters is 1. The molecular weight excluding hydrogens is 516 g/mol. The van der Waals surface area contributed by atoms with E-state index in [4.69, 9.17) is 16.3 Å². The van der Waals surface area contributed by atoms with Gasteiger partial charge in [0, 0.05) is 12.4 Å². The fraction of sp³-hybridized carbons (Fsp3) is 0.192. The fourth-order valence-corrected chi connectivity index (χ4v) is 5.13. The number of fused-ring (bicyclic) bond motifs is 1. The number of hydrogen-bond donors (Lipinski definition) is 2. The van der Waals surface area contributed by atoms with Crippen molar-refractivity contribution in [2.24, 2.45) is 7.05 Å². The summed E-state index contributed by atoms with van der Waals surface area (Å²) >= 11 is 7.12. The Labute approximate surface area is 221 Å². The molecule has 0 spiro atoms. The number of anilines is 2. The predicted octanol–water partition coefficient (Wildman–Crippen LogP) is 4.57. The summed E-state index contributed by atoms with van der Waals surface area (Å²) in [6.45, 7) is 3.40. The molecule has 0 saturated heterocycles. The van der Waals surface area contributed by atoms with E-state index in [0.29, 0.717) is 32.7 Å². The van der Waals surface area contributed by atoms with Crippen LogP contribution in [0.25, 0.3) is 10.8 Å². The second-order valence-electron chi connectivity index (χ2n) is 8.06. The summed E-state index contributed by atoms with van der Waals surface area (Å²) in [5.74, 6) is -1.61. The maximum atomic E-state index is 13.1. The highest BCUT2D eigenvalue weighted by molar-refractivity contribution is 7.19. The van der Waals surface area contributed by atoms with Crippen LogP contribution in [0, 0.1) is 6.92 Å². The summed E-state index contributed by atoms with van der Waals surface area (Å²) in [7, 11) is 1.52. The lowest BCUT2D eigenvalue weighted by molar-refractivity contribution is -0.115. The molecule has 0 bridgehead atoms. The Hall–Kier alpha value is -4.02. The summed E-state index contributed by atoms with van der Waals surface area (Å²) in [6, 6.07) is 13.7. The Morgan fingerprint density at radius 2 is 1.73 bits per heavy atom. The zero-order valence-corrected chi connectivity index (χ0v) is 21.8. The molecule has 4 rings (SSSR count). The van der Waals surface area contributed by atoms with Crippen molar-refractivity contribution in [2.45, 2.75) is 20.3 Å². The van der Waals surface area contributed by atoms with E-state index in [2.05, 4.69) is 15.7 Å². The van der Waals surface area contributed by atoms with Crippen molar-refractivity contribution in [1.29, 1.82) is 0 Å². The number of ether oxygens (including phenoxy) is 1. The van der Waals surface area contributed by atoms with Gasteiger partial charge in [-0.15, -0.1) is 11.3 Å². The van der Waals surface area contributed by atoms with Crippen LogP contribution < -0.4 is 16.2 Å². The average molecular weight is 539 g/mol. The molecule has 0 fully saturated rings. The highest BCUT2D eigenvalue weighted by Gasteiger charge is 2.27. The van der Waals surface area contributed by atoms with E-state index in [9.17, 15) is 19.2 Å². The van der Waals surface area contributed by atoms with E-state index >= 15 is 0 Å².